The van der Waals surface area contributed by atoms with Gasteiger partial charge < -0.3 is 4.74 Å². The fraction of sp³-hybridized carbons (Fsp3) is 0.650. The van der Waals surface area contributed by atoms with Crippen LogP contribution in [0, 0.1) is 10.8 Å². The van der Waals surface area contributed by atoms with Gasteiger partial charge in [-0.05, 0) is 49.5 Å². The first-order valence-corrected chi connectivity index (χ1v) is 9.60. The number of halogens is 1. The molecule has 0 aliphatic heterocycles. The number of ether oxygens (including phenoxy) is 1. The van der Waals surface area contributed by atoms with Crippen molar-refractivity contribution in [2.24, 2.45) is 10.8 Å². The third kappa shape index (κ3) is 1.67. The van der Waals surface area contributed by atoms with Gasteiger partial charge in [0.1, 0.15) is 0 Å². The molecule has 23 heavy (non-hydrogen) atoms. The molecule has 3 heteroatoms. The van der Waals surface area contributed by atoms with Gasteiger partial charge in [0, 0.05) is 9.74 Å². The molecule has 3 aliphatic carbocycles. The Morgan fingerprint density at radius 1 is 1.17 bits per heavy atom. The molecule has 0 N–H and O–H groups in total. The van der Waals surface area contributed by atoms with E-state index in [1.165, 1.54) is 24.8 Å². The molecule has 0 amide bonds. The van der Waals surface area contributed by atoms with E-state index >= 15 is 0 Å². The maximum absolute atomic E-state index is 12.7. The second kappa shape index (κ2) is 4.84. The minimum Gasteiger partial charge on any atom is -0.469 e. The molecule has 3 aliphatic rings. The Labute approximate surface area is 147 Å². The number of esters is 1. The molecule has 4 atom stereocenters. The van der Waals surface area contributed by atoms with Crippen LogP contribution in [0.2, 0.25) is 0 Å². The van der Waals surface area contributed by atoms with Crippen molar-refractivity contribution in [1.29, 1.82) is 0 Å². The number of alkyl halides is 1. The topological polar surface area (TPSA) is 26.3 Å². The predicted octanol–water partition coefficient (Wildman–Crippen LogP) is 5.00. The van der Waals surface area contributed by atoms with Gasteiger partial charge in [-0.25, -0.2) is 0 Å². The minimum atomic E-state index is -0.315. The molecule has 0 heterocycles. The predicted molar refractivity (Wildman–Crippen MR) is 94.7 cm³/mol. The Kier molecular flexibility index (Phi) is 3.30. The first kappa shape index (κ1) is 15.7. The third-order valence-corrected chi connectivity index (χ3v) is 8.87. The van der Waals surface area contributed by atoms with Crippen LogP contribution in [-0.2, 0) is 14.9 Å². The molecule has 0 radical (unpaired) electrons. The van der Waals surface area contributed by atoms with Crippen LogP contribution >= 0.6 is 15.9 Å². The van der Waals surface area contributed by atoms with E-state index in [0.717, 1.165) is 25.7 Å². The monoisotopic (exact) mass is 376 g/mol. The molecule has 3 saturated carbocycles. The Balaban J connectivity index is 1.87. The zero-order chi connectivity index (χ0) is 16.3. The van der Waals surface area contributed by atoms with E-state index in [1.54, 1.807) is 7.11 Å². The molecule has 1 aromatic carbocycles. The van der Waals surface area contributed by atoms with Gasteiger partial charge in [0.05, 0.1) is 12.5 Å². The van der Waals surface area contributed by atoms with Crippen LogP contribution in [0.5, 0.6) is 0 Å². The molecule has 0 saturated heterocycles. The first-order valence-electron chi connectivity index (χ1n) is 8.81. The van der Waals surface area contributed by atoms with Crippen molar-refractivity contribution in [2.45, 2.75) is 61.6 Å². The number of rotatable bonds is 3. The van der Waals surface area contributed by atoms with E-state index in [0.29, 0.717) is 0 Å². The van der Waals surface area contributed by atoms with Crippen molar-refractivity contribution < 1.29 is 9.53 Å². The maximum Gasteiger partial charge on any atom is 0.311 e. The standard InChI is InChI=1S/C20H25BrO2/c1-3-17(16(22)23-2)12-18(15-8-5-4-6-9-15)14-20(21)11-7-10-19(18,20)13-17/h4-6,8-9H,3,7,10-14H2,1-2H3. The smallest absolute Gasteiger partial charge is 0.311 e. The summed E-state index contributed by atoms with van der Waals surface area (Å²) in [7, 11) is 1.54. The summed E-state index contributed by atoms with van der Waals surface area (Å²) >= 11 is 4.12. The zero-order valence-electron chi connectivity index (χ0n) is 14.0. The summed E-state index contributed by atoms with van der Waals surface area (Å²) in [5.41, 5.74) is 1.46. The van der Waals surface area contributed by atoms with Crippen LogP contribution in [-0.4, -0.2) is 17.4 Å². The van der Waals surface area contributed by atoms with Crippen LogP contribution in [0.1, 0.15) is 57.4 Å². The second-order valence-electron chi connectivity index (χ2n) is 8.00. The summed E-state index contributed by atoms with van der Waals surface area (Å²) in [6.45, 7) is 2.15. The highest BCUT2D eigenvalue weighted by molar-refractivity contribution is 9.10. The zero-order valence-corrected chi connectivity index (χ0v) is 15.6. The highest BCUT2D eigenvalue weighted by Crippen LogP contribution is 2.83. The number of carbonyl (C=O) groups excluding carboxylic acids is 1. The van der Waals surface area contributed by atoms with E-state index in [4.69, 9.17) is 4.74 Å². The molecule has 2 nitrogen and oxygen atoms in total. The minimum absolute atomic E-state index is 0.000770. The Hall–Kier alpha value is -0.830. The molecule has 3 fully saturated rings. The molecule has 1 spiro atoms. The largest absolute Gasteiger partial charge is 0.469 e. The number of carbonyl (C=O) groups is 1. The van der Waals surface area contributed by atoms with Gasteiger partial charge in [-0.3, -0.25) is 4.79 Å². The van der Waals surface area contributed by atoms with Crippen LogP contribution in [0.15, 0.2) is 30.3 Å². The van der Waals surface area contributed by atoms with E-state index in [9.17, 15) is 4.79 Å². The van der Waals surface area contributed by atoms with Gasteiger partial charge in [0.15, 0.2) is 0 Å². The fourth-order valence-electron chi connectivity index (χ4n) is 6.46. The molecule has 0 aromatic heterocycles. The molecule has 0 bridgehead atoms. The Morgan fingerprint density at radius 3 is 2.52 bits per heavy atom. The van der Waals surface area contributed by atoms with Gasteiger partial charge in [0.25, 0.3) is 0 Å². The van der Waals surface area contributed by atoms with Crippen LogP contribution in [0.3, 0.4) is 0 Å². The first-order chi connectivity index (χ1) is 11.0. The highest BCUT2D eigenvalue weighted by Gasteiger charge is 2.80. The second-order valence-corrected chi connectivity index (χ2v) is 9.52. The summed E-state index contributed by atoms with van der Waals surface area (Å²) in [6.07, 6.45) is 7.68. The lowest BCUT2D eigenvalue weighted by molar-refractivity contribution is -0.153. The number of benzene rings is 1. The van der Waals surface area contributed by atoms with E-state index < -0.39 is 0 Å². The SMILES string of the molecule is CCC1(C(=O)OC)CC2(c3ccccc3)CC3(Br)CCCC32C1. The van der Waals surface area contributed by atoms with Gasteiger partial charge in [-0.15, -0.1) is 0 Å². The quantitative estimate of drug-likeness (QED) is 0.548. The van der Waals surface area contributed by atoms with Crippen LogP contribution < -0.4 is 0 Å². The van der Waals surface area contributed by atoms with E-state index in [2.05, 4.69) is 53.2 Å². The lowest BCUT2D eigenvalue weighted by Crippen LogP contribution is -2.64. The van der Waals surface area contributed by atoms with E-state index in [1.807, 2.05) is 0 Å². The molecule has 124 valence electrons. The Morgan fingerprint density at radius 2 is 1.91 bits per heavy atom. The van der Waals surface area contributed by atoms with Crippen molar-refractivity contribution in [3.63, 3.8) is 0 Å². The average Bonchev–Trinajstić information content (AvgIpc) is 2.99. The number of methoxy groups -OCH3 is 1. The van der Waals surface area contributed by atoms with Gasteiger partial charge in [0.2, 0.25) is 0 Å². The van der Waals surface area contributed by atoms with Crippen molar-refractivity contribution in [1.82, 2.24) is 0 Å². The summed E-state index contributed by atoms with van der Waals surface area (Å²) < 4.78 is 5.48. The normalized spacial score (nSPS) is 44.3. The van der Waals surface area contributed by atoms with E-state index in [-0.39, 0.29) is 26.5 Å². The molecule has 4 unspecified atom stereocenters. The van der Waals surface area contributed by atoms with Crippen LogP contribution in [0.4, 0.5) is 0 Å². The van der Waals surface area contributed by atoms with Crippen molar-refractivity contribution >= 4 is 21.9 Å². The number of hydrogen-bond acceptors (Lipinski definition) is 2. The Bertz CT molecular complexity index is 644. The fourth-order valence-corrected chi connectivity index (χ4v) is 7.94. The average molecular weight is 377 g/mol. The molecular formula is C20H25BrO2. The van der Waals surface area contributed by atoms with Crippen molar-refractivity contribution in [2.75, 3.05) is 7.11 Å². The number of hydrogen-bond donors (Lipinski definition) is 0. The summed E-state index contributed by atoms with van der Waals surface area (Å²) in [5.74, 6) is 0.000770. The molecular weight excluding hydrogens is 352 g/mol. The molecule has 1 aromatic rings. The van der Waals surface area contributed by atoms with Crippen molar-refractivity contribution in [3.8, 4) is 0 Å². The summed E-state index contributed by atoms with van der Waals surface area (Å²) in [4.78, 5) is 12.7. The maximum atomic E-state index is 12.7. The molecule has 4 rings (SSSR count). The highest BCUT2D eigenvalue weighted by atomic mass is 79.9. The van der Waals surface area contributed by atoms with Gasteiger partial charge in [-0.1, -0.05) is 59.6 Å². The van der Waals surface area contributed by atoms with Crippen LogP contribution in [0.25, 0.3) is 0 Å². The summed E-state index contributed by atoms with van der Waals surface area (Å²) in [5, 5.41) is 0. The lowest BCUT2D eigenvalue weighted by Gasteiger charge is -2.64. The third-order valence-electron chi connectivity index (χ3n) is 7.43. The van der Waals surface area contributed by atoms with Gasteiger partial charge in [-0.2, -0.15) is 0 Å². The van der Waals surface area contributed by atoms with Crippen molar-refractivity contribution in [3.05, 3.63) is 35.9 Å². The van der Waals surface area contributed by atoms with Gasteiger partial charge >= 0.3 is 5.97 Å². The lowest BCUT2D eigenvalue weighted by atomic mass is 9.44. The summed E-state index contributed by atoms with van der Waals surface area (Å²) in [6, 6.07) is 10.9.